The van der Waals surface area contributed by atoms with Gasteiger partial charge in [-0.25, -0.2) is 24.6 Å². The second kappa shape index (κ2) is 20.3. The van der Waals surface area contributed by atoms with Crippen LogP contribution in [0.4, 0.5) is 9.59 Å². The first-order chi connectivity index (χ1) is 28.2. The van der Waals surface area contributed by atoms with Crippen molar-refractivity contribution in [3.63, 3.8) is 0 Å². The summed E-state index contributed by atoms with van der Waals surface area (Å²) in [6, 6.07) is 18.8. The lowest BCUT2D eigenvalue weighted by molar-refractivity contribution is -0.131. The summed E-state index contributed by atoms with van der Waals surface area (Å²) in [7, 11) is 4.73. The number of aliphatic hydroxyl groups excluding tert-OH is 1. The van der Waals surface area contributed by atoms with Gasteiger partial charge in [-0.1, -0.05) is 76.6 Å². The van der Waals surface area contributed by atoms with Crippen molar-refractivity contribution in [1.29, 1.82) is 0 Å². The van der Waals surface area contributed by atoms with Gasteiger partial charge in [-0.05, 0) is 53.1 Å². The maximum Gasteiger partial charge on any atom is 0.406 e. The quantitative estimate of drug-likeness (QED) is 0.0952. The molecule has 3 heterocycles. The van der Waals surface area contributed by atoms with E-state index in [-0.39, 0.29) is 56.4 Å². The number of hydrogen-bond acceptors (Lipinski definition) is 10. The Labute approximate surface area is 346 Å². The van der Waals surface area contributed by atoms with E-state index in [9.17, 15) is 24.3 Å². The molecular formula is C43H59N9O7. The van der Waals surface area contributed by atoms with Gasteiger partial charge in [-0.15, -0.1) is 0 Å². The van der Waals surface area contributed by atoms with Crippen molar-refractivity contribution in [3.05, 3.63) is 89.9 Å². The third-order valence-corrected chi connectivity index (χ3v) is 10.8. The zero-order valence-corrected chi connectivity index (χ0v) is 35.2. The number of urea groups is 1. The molecule has 4 aromatic rings. The third kappa shape index (κ3) is 11.9. The monoisotopic (exact) mass is 813 g/mol. The number of hydrogen-bond donors (Lipinski definition) is 4. The normalized spacial score (nSPS) is 15.2. The Balaban J connectivity index is 1.35. The van der Waals surface area contributed by atoms with Crippen LogP contribution in [0.3, 0.4) is 0 Å². The molecule has 1 aliphatic rings. The van der Waals surface area contributed by atoms with Crippen LogP contribution in [0.15, 0.2) is 72.9 Å². The molecule has 0 radical (unpaired) electrons. The molecule has 2 aromatic heterocycles. The minimum absolute atomic E-state index is 0.0479. The topological polar surface area (TPSA) is 183 Å². The largest absolute Gasteiger partial charge is 0.497 e. The number of imidazole rings is 1. The van der Waals surface area contributed by atoms with Crippen molar-refractivity contribution in [1.82, 2.24) is 45.4 Å². The van der Waals surface area contributed by atoms with Crippen molar-refractivity contribution in [2.75, 3.05) is 40.4 Å². The smallest absolute Gasteiger partial charge is 0.406 e. The van der Waals surface area contributed by atoms with E-state index in [2.05, 4.69) is 21.0 Å². The van der Waals surface area contributed by atoms with E-state index < -0.39 is 29.7 Å². The second-order valence-corrected chi connectivity index (χ2v) is 16.0. The Morgan fingerprint density at radius 2 is 1.73 bits per heavy atom. The molecule has 1 fully saturated rings. The number of benzene rings is 2. The number of aryl methyl sites for hydroxylation is 1. The molecule has 318 valence electrons. The van der Waals surface area contributed by atoms with Crippen LogP contribution in [0.1, 0.15) is 57.5 Å². The van der Waals surface area contributed by atoms with Crippen LogP contribution < -0.4 is 20.8 Å². The highest BCUT2D eigenvalue weighted by Gasteiger charge is 2.41. The first-order valence-electron chi connectivity index (χ1n) is 20.0. The molecule has 2 aromatic carbocycles. The number of carbonyl (C=O) groups excluding carboxylic acids is 4. The first kappa shape index (κ1) is 44.4. The number of nitrogens with zero attached hydrogens (tertiary/aromatic N) is 6. The fourth-order valence-electron chi connectivity index (χ4n) is 7.29. The Hall–Kier alpha value is -5.74. The van der Waals surface area contributed by atoms with E-state index in [1.54, 1.807) is 28.1 Å². The predicted molar refractivity (Wildman–Crippen MR) is 223 cm³/mol. The molecule has 4 unspecified atom stereocenters. The summed E-state index contributed by atoms with van der Waals surface area (Å²) >= 11 is 0. The number of nitrogens with one attached hydrogen (secondary N) is 3. The minimum atomic E-state index is -1.17. The van der Waals surface area contributed by atoms with Gasteiger partial charge in [0.15, 0.2) is 5.65 Å². The standard InChI is InChI=1S/C43H59N9O7/c1-8-29(2)38(52-22-21-50(42(52)57)27-36-46-33-15-12-20-44-39(33)49(36)5)40(55)47-34(23-30-13-10-9-11-14-30)35(53)26-51(25-31-16-18-32(58-6)19-17-31)48-37(54)24-43(3,4)28-45-41(56)59-7/h9-20,29,34-35,38,53H,8,21-28H2,1-7H3,(H,45,56)(H,47,55)(H,48,54). The molecule has 59 heavy (non-hydrogen) atoms. The molecule has 0 saturated carbocycles. The second-order valence-electron chi connectivity index (χ2n) is 16.0. The van der Waals surface area contributed by atoms with Crippen LogP contribution >= 0.6 is 0 Å². The molecule has 4 N–H and O–H groups in total. The lowest BCUT2D eigenvalue weighted by Crippen LogP contribution is -2.58. The molecular weight excluding hydrogens is 755 g/mol. The number of rotatable bonds is 20. The van der Waals surface area contributed by atoms with Crippen molar-refractivity contribution in [2.24, 2.45) is 18.4 Å². The summed E-state index contributed by atoms with van der Waals surface area (Å²) in [5, 5.41) is 19.5. The van der Waals surface area contributed by atoms with Crippen molar-refractivity contribution in [3.8, 4) is 5.75 Å². The SMILES string of the molecule is CCC(C)C(C(=O)NC(Cc1ccccc1)C(O)CN(Cc1ccc(OC)cc1)NC(=O)CC(C)(C)CNC(=O)OC)N1CCN(Cc2nc3cccnc3n2C)C1=O. The number of pyridine rings is 1. The van der Waals surface area contributed by atoms with Gasteiger partial charge in [0.2, 0.25) is 11.8 Å². The lowest BCUT2D eigenvalue weighted by atomic mass is 9.89. The van der Waals surface area contributed by atoms with Crippen molar-refractivity contribution in [2.45, 2.75) is 78.2 Å². The van der Waals surface area contributed by atoms with E-state index in [1.165, 1.54) is 7.11 Å². The highest BCUT2D eigenvalue weighted by Crippen LogP contribution is 2.24. The summed E-state index contributed by atoms with van der Waals surface area (Å²) in [4.78, 5) is 66.3. The van der Waals surface area contributed by atoms with Gasteiger partial charge < -0.3 is 39.6 Å². The zero-order chi connectivity index (χ0) is 42.7. The number of amides is 5. The van der Waals surface area contributed by atoms with Crippen LogP contribution in [-0.4, -0.2) is 117 Å². The van der Waals surface area contributed by atoms with Gasteiger partial charge in [0.25, 0.3) is 0 Å². The molecule has 5 amide bonds. The van der Waals surface area contributed by atoms with E-state index in [1.807, 2.05) is 106 Å². The summed E-state index contributed by atoms with van der Waals surface area (Å²) in [6.07, 6.45) is 0.934. The van der Waals surface area contributed by atoms with Gasteiger partial charge in [0, 0.05) is 52.4 Å². The molecule has 1 saturated heterocycles. The Morgan fingerprint density at radius 3 is 2.39 bits per heavy atom. The van der Waals surface area contributed by atoms with Crippen LogP contribution in [-0.2, 0) is 40.9 Å². The number of methoxy groups -OCH3 is 2. The van der Waals surface area contributed by atoms with Gasteiger partial charge >= 0.3 is 12.1 Å². The number of aromatic nitrogens is 3. The number of alkyl carbamates (subject to hydrolysis) is 1. The highest BCUT2D eigenvalue weighted by molar-refractivity contribution is 5.88. The van der Waals surface area contributed by atoms with Crippen LogP contribution in [0, 0.1) is 11.3 Å². The van der Waals surface area contributed by atoms with Crippen LogP contribution in [0.25, 0.3) is 11.2 Å². The minimum Gasteiger partial charge on any atom is -0.497 e. The van der Waals surface area contributed by atoms with Crippen LogP contribution in [0.2, 0.25) is 0 Å². The number of ether oxygens (including phenoxy) is 2. The van der Waals surface area contributed by atoms with E-state index in [4.69, 9.17) is 14.5 Å². The van der Waals surface area contributed by atoms with E-state index in [0.29, 0.717) is 37.5 Å². The molecule has 4 atom stereocenters. The summed E-state index contributed by atoms with van der Waals surface area (Å²) in [6.45, 7) is 9.06. The fraction of sp³-hybridized carbons (Fsp3) is 0.488. The molecule has 1 aliphatic heterocycles. The summed E-state index contributed by atoms with van der Waals surface area (Å²) in [5.41, 5.74) is 5.55. The molecule has 0 bridgehead atoms. The maximum absolute atomic E-state index is 14.5. The highest BCUT2D eigenvalue weighted by atomic mass is 16.5. The number of carbonyl (C=O) groups is 4. The lowest BCUT2D eigenvalue weighted by Gasteiger charge is -2.35. The van der Waals surface area contributed by atoms with Gasteiger partial charge in [-0.3, -0.25) is 15.0 Å². The number of hydrazine groups is 1. The average Bonchev–Trinajstić information content (AvgIpc) is 3.74. The first-order valence-corrected chi connectivity index (χ1v) is 20.0. The molecule has 0 spiro atoms. The summed E-state index contributed by atoms with van der Waals surface area (Å²) in [5.74, 6) is 0.475. The average molecular weight is 814 g/mol. The number of aliphatic hydroxyl groups is 1. The molecule has 0 aliphatic carbocycles. The summed E-state index contributed by atoms with van der Waals surface area (Å²) < 4.78 is 11.9. The maximum atomic E-state index is 14.5. The molecule has 16 nitrogen and oxygen atoms in total. The molecule has 16 heteroatoms. The van der Waals surface area contributed by atoms with Gasteiger partial charge in [0.05, 0.1) is 32.9 Å². The zero-order valence-electron chi connectivity index (χ0n) is 35.2. The Bertz CT molecular complexity index is 2020. The molecule has 5 rings (SSSR count). The predicted octanol–water partition coefficient (Wildman–Crippen LogP) is 4.02. The Morgan fingerprint density at radius 1 is 1.00 bits per heavy atom. The van der Waals surface area contributed by atoms with E-state index >= 15 is 0 Å². The fourth-order valence-corrected chi connectivity index (χ4v) is 7.29. The van der Waals surface area contributed by atoms with Gasteiger partial charge in [-0.2, -0.15) is 0 Å². The van der Waals surface area contributed by atoms with Crippen molar-refractivity contribution < 1.29 is 33.8 Å². The third-order valence-electron chi connectivity index (χ3n) is 10.8. The van der Waals surface area contributed by atoms with E-state index in [0.717, 1.165) is 22.3 Å². The van der Waals surface area contributed by atoms with Crippen LogP contribution in [0.5, 0.6) is 5.75 Å². The number of fused-ring (bicyclic) bond motifs is 1. The van der Waals surface area contributed by atoms with Crippen molar-refractivity contribution >= 4 is 35.1 Å². The van der Waals surface area contributed by atoms with Gasteiger partial charge in [0.1, 0.15) is 23.1 Å². The Kier molecular flexibility index (Phi) is 15.3.